The Morgan fingerprint density at radius 1 is 1.42 bits per heavy atom. The van der Waals surface area contributed by atoms with E-state index >= 15 is 0 Å². The number of ether oxygens (including phenoxy) is 1. The van der Waals surface area contributed by atoms with E-state index in [9.17, 15) is 0 Å². The second-order valence-electron chi connectivity index (χ2n) is 5.08. The zero-order chi connectivity index (χ0) is 13.8. The van der Waals surface area contributed by atoms with Gasteiger partial charge in [-0.05, 0) is 53.1 Å². The second kappa shape index (κ2) is 6.56. The van der Waals surface area contributed by atoms with Crippen molar-refractivity contribution in [1.82, 2.24) is 9.55 Å². The summed E-state index contributed by atoms with van der Waals surface area (Å²) >= 11 is 2.28. The summed E-state index contributed by atoms with van der Waals surface area (Å²) in [6.45, 7) is 6.74. The van der Waals surface area contributed by atoms with Crippen molar-refractivity contribution in [3.63, 3.8) is 0 Å². The van der Waals surface area contributed by atoms with Gasteiger partial charge in [0.15, 0.2) is 0 Å². The number of benzene rings is 1. The van der Waals surface area contributed by atoms with Crippen LogP contribution in [0.2, 0.25) is 0 Å². The van der Waals surface area contributed by atoms with E-state index in [1.54, 1.807) is 0 Å². The van der Waals surface area contributed by atoms with Gasteiger partial charge in [-0.15, -0.1) is 0 Å². The number of aryl methyl sites for hydroxylation is 1. The Morgan fingerprint density at radius 2 is 2.21 bits per heavy atom. The highest BCUT2D eigenvalue weighted by molar-refractivity contribution is 14.1. The molecule has 0 aliphatic carbocycles. The van der Waals surface area contributed by atoms with Gasteiger partial charge in [-0.2, -0.15) is 0 Å². The van der Waals surface area contributed by atoms with Crippen LogP contribution in [-0.2, 0) is 11.3 Å². The topological polar surface area (TPSA) is 53.1 Å². The molecular formula is C14H20IN3O. The molecule has 0 aliphatic heterocycles. The number of hydrogen-bond acceptors (Lipinski definition) is 3. The number of imidazole rings is 1. The van der Waals surface area contributed by atoms with Gasteiger partial charge in [0.1, 0.15) is 0 Å². The third kappa shape index (κ3) is 3.82. The Balaban J connectivity index is 1.98. The van der Waals surface area contributed by atoms with Crippen LogP contribution in [0.4, 0.5) is 5.95 Å². The number of halogens is 1. The Kier molecular flexibility index (Phi) is 5.04. The van der Waals surface area contributed by atoms with Gasteiger partial charge in [-0.1, -0.05) is 13.8 Å². The quantitative estimate of drug-likeness (QED) is 0.625. The maximum absolute atomic E-state index is 5.97. The first-order valence-corrected chi connectivity index (χ1v) is 7.65. The molecule has 0 aliphatic rings. The van der Waals surface area contributed by atoms with Gasteiger partial charge in [0.05, 0.1) is 11.0 Å². The van der Waals surface area contributed by atoms with E-state index in [1.807, 2.05) is 0 Å². The van der Waals surface area contributed by atoms with Gasteiger partial charge in [0.25, 0.3) is 0 Å². The normalized spacial score (nSPS) is 11.6. The van der Waals surface area contributed by atoms with Crippen molar-refractivity contribution in [2.45, 2.75) is 26.8 Å². The lowest BCUT2D eigenvalue weighted by Crippen LogP contribution is -2.08. The molecule has 0 fully saturated rings. The molecule has 0 atom stereocenters. The summed E-state index contributed by atoms with van der Waals surface area (Å²) in [5.41, 5.74) is 8.04. The van der Waals surface area contributed by atoms with Crippen LogP contribution in [0.3, 0.4) is 0 Å². The first-order chi connectivity index (χ1) is 9.08. The van der Waals surface area contributed by atoms with Crippen molar-refractivity contribution in [2.24, 2.45) is 5.92 Å². The van der Waals surface area contributed by atoms with E-state index in [-0.39, 0.29) is 0 Å². The zero-order valence-corrected chi connectivity index (χ0v) is 13.6. The fraction of sp³-hybridized carbons (Fsp3) is 0.500. The SMILES string of the molecule is CC(C)COCCCn1c(N)nc2cc(I)ccc21. The average molecular weight is 373 g/mol. The van der Waals surface area contributed by atoms with Crippen LogP contribution in [0.25, 0.3) is 11.0 Å². The van der Waals surface area contributed by atoms with E-state index in [0.29, 0.717) is 11.9 Å². The molecule has 0 saturated carbocycles. The van der Waals surface area contributed by atoms with Crippen molar-refractivity contribution in [1.29, 1.82) is 0 Å². The Hall–Kier alpha value is -0.820. The molecular weight excluding hydrogens is 353 g/mol. The number of aromatic nitrogens is 2. The van der Waals surface area contributed by atoms with E-state index in [0.717, 1.165) is 37.2 Å². The monoisotopic (exact) mass is 373 g/mol. The van der Waals surface area contributed by atoms with Crippen molar-refractivity contribution in [2.75, 3.05) is 18.9 Å². The summed E-state index contributed by atoms with van der Waals surface area (Å²) in [7, 11) is 0. The number of fused-ring (bicyclic) bond motifs is 1. The van der Waals surface area contributed by atoms with Gasteiger partial charge in [0.2, 0.25) is 5.95 Å². The Labute approximate surface area is 127 Å². The lowest BCUT2D eigenvalue weighted by atomic mass is 10.2. The van der Waals surface area contributed by atoms with Crippen LogP contribution in [-0.4, -0.2) is 22.8 Å². The van der Waals surface area contributed by atoms with E-state index in [2.05, 4.69) is 64.2 Å². The minimum atomic E-state index is 0.584. The lowest BCUT2D eigenvalue weighted by molar-refractivity contribution is 0.105. The van der Waals surface area contributed by atoms with Gasteiger partial charge >= 0.3 is 0 Å². The Morgan fingerprint density at radius 3 is 2.95 bits per heavy atom. The molecule has 1 aromatic carbocycles. The average Bonchev–Trinajstić information content (AvgIpc) is 2.64. The molecule has 0 radical (unpaired) electrons. The van der Waals surface area contributed by atoms with Crippen molar-refractivity contribution < 1.29 is 4.74 Å². The molecule has 4 nitrogen and oxygen atoms in total. The fourth-order valence-electron chi connectivity index (χ4n) is 2.00. The fourth-order valence-corrected chi connectivity index (χ4v) is 2.48. The summed E-state index contributed by atoms with van der Waals surface area (Å²) in [4.78, 5) is 4.40. The summed E-state index contributed by atoms with van der Waals surface area (Å²) in [5, 5.41) is 0. The molecule has 0 amide bonds. The van der Waals surface area contributed by atoms with Crippen molar-refractivity contribution in [3.8, 4) is 0 Å². The summed E-state index contributed by atoms with van der Waals surface area (Å²) in [5.74, 6) is 1.17. The molecule has 1 aromatic heterocycles. The number of nitrogen functional groups attached to an aromatic ring is 1. The summed E-state index contributed by atoms with van der Waals surface area (Å²) < 4.78 is 8.82. The number of rotatable bonds is 6. The van der Waals surface area contributed by atoms with Crippen LogP contribution in [0.5, 0.6) is 0 Å². The molecule has 2 N–H and O–H groups in total. The third-order valence-corrected chi connectivity index (χ3v) is 3.53. The molecule has 5 heteroatoms. The number of nitrogens with two attached hydrogens (primary N) is 1. The van der Waals surface area contributed by atoms with Gasteiger partial charge < -0.3 is 15.0 Å². The van der Waals surface area contributed by atoms with Gasteiger partial charge in [-0.3, -0.25) is 0 Å². The van der Waals surface area contributed by atoms with E-state index < -0.39 is 0 Å². The second-order valence-corrected chi connectivity index (χ2v) is 6.32. The molecule has 0 unspecified atom stereocenters. The van der Waals surface area contributed by atoms with E-state index in [1.165, 1.54) is 3.57 Å². The first kappa shape index (κ1) is 14.6. The maximum Gasteiger partial charge on any atom is 0.201 e. The highest BCUT2D eigenvalue weighted by atomic mass is 127. The maximum atomic E-state index is 5.97. The summed E-state index contributed by atoms with van der Waals surface area (Å²) in [6.07, 6.45) is 0.953. The number of nitrogens with zero attached hydrogens (tertiary/aromatic N) is 2. The summed E-state index contributed by atoms with van der Waals surface area (Å²) in [6, 6.07) is 6.21. The van der Waals surface area contributed by atoms with Crippen LogP contribution in [0.1, 0.15) is 20.3 Å². The van der Waals surface area contributed by atoms with Crippen LogP contribution >= 0.6 is 22.6 Å². The smallest absolute Gasteiger partial charge is 0.201 e. The molecule has 19 heavy (non-hydrogen) atoms. The molecule has 0 spiro atoms. The van der Waals surface area contributed by atoms with Crippen LogP contribution in [0.15, 0.2) is 18.2 Å². The number of anilines is 1. The van der Waals surface area contributed by atoms with Crippen molar-refractivity contribution >= 4 is 39.6 Å². The molecule has 0 bridgehead atoms. The molecule has 2 aromatic rings. The van der Waals surface area contributed by atoms with Crippen LogP contribution in [0, 0.1) is 9.49 Å². The molecule has 104 valence electrons. The third-order valence-electron chi connectivity index (χ3n) is 2.86. The minimum absolute atomic E-state index is 0.584. The van der Waals surface area contributed by atoms with Gasteiger partial charge in [-0.25, -0.2) is 4.98 Å². The largest absolute Gasteiger partial charge is 0.381 e. The predicted molar refractivity (Wildman–Crippen MR) is 87.1 cm³/mol. The molecule has 0 saturated heterocycles. The minimum Gasteiger partial charge on any atom is -0.381 e. The molecule has 2 rings (SSSR count). The number of hydrogen-bond donors (Lipinski definition) is 1. The zero-order valence-electron chi connectivity index (χ0n) is 11.4. The molecule has 1 heterocycles. The van der Waals surface area contributed by atoms with Crippen LogP contribution < -0.4 is 5.73 Å². The standard InChI is InChI=1S/C14H20IN3O/c1-10(2)9-19-7-3-6-18-13-5-4-11(15)8-12(13)17-14(18)16/h4-5,8,10H,3,6-7,9H2,1-2H3,(H2,16,17). The highest BCUT2D eigenvalue weighted by Gasteiger charge is 2.07. The predicted octanol–water partition coefficient (Wildman–Crippen LogP) is 3.29. The lowest BCUT2D eigenvalue weighted by Gasteiger charge is -2.08. The highest BCUT2D eigenvalue weighted by Crippen LogP contribution is 2.20. The Bertz CT molecular complexity index is 551. The van der Waals surface area contributed by atoms with E-state index in [4.69, 9.17) is 10.5 Å². The first-order valence-electron chi connectivity index (χ1n) is 6.57. The van der Waals surface area contributed by atoms with Crippen molar-refractivity contribution in [3.05, 3.63) is 21.8 Å². The van der Waals surface area contributed by atoms with Gasteiger partial charge in [0, 0.05) is 23.3 Å².